The molecule has 1 N–H and O–H groups in total. The zero-order valence-corrected chi connectivity index (χ0v) is 12.4. The molecule has 0 bridgehead atoms. The Morgan fingerprint density at radius 2 is 2.00 bits per heavy atom. The van der Waals surface area contributed by atoms with Gasteiger partial charge >= 0.3 is 6.18 Å². The fourth-order valence-electron chi connectivity index (χ4n) is 1.95. The van der Waals surface area contributed by atoms with Crippen LogP contribution in [0.15, 0.2) is 47.1 Å². The average molecular weight is 324 g/mol. The second-order valence-electron chi connectivity index (χ2n) is 4.80. The number of rotatable bonds is 5. The summed E-state index contributed by atoms with van der Waals surface area (Å²) in [6.07, 6.45) is 1.92. The maximum atomic E-state index is 12.5. The Morgan fingerprint density at radius 3 is 2.61 bits per heavy atom. The third-order valence-corrected chi connectivity index (χ3v) is 3.13. The molecule has 2 rings (SSSR count). The monoisotopic (exact) mass is 324 g/mol. The minimum Gasteiger partial charge on any atom is -0.361 e. The van der Waals surface area contributed by atoms with E-state index in [9.17, 15) is 18.0 Å². The van der Waals surface area contributed by atoms with Crippen LogP contribution in [0.4, 0.5) is 18.9 Å². The Kier molecular flexibility index (Phi) is 5.20. The highest BCUT2D eigenvalue weighted by atomic mass is 19.4. The molecule has 1 heterocycles. The van der Waals surface area contributed by atoms with Crippen LogP contribution in [0.3, 0.4) is 0 Å². The molecule has 0 spiro atoms. The number of carbonyl (C=O) groups is 1. The van der Waals surface area contributed by atoms with Crippen molar-refractivity contribution in [3.05, 3.63) is 59.5 Å². The Balaban J connectivity index is 2.06. The number of aromatic nitrogens is 1. The average Bonchev–Trinajstić information content (AvgIpc) is 2.96. The van der Waals surface area contributed by atoms with Crippen LogP contribution in [0.1, 0.15) is 35.0 Å². The van der Waals surface area contributed by atoms with Crippen molar-refractivity contribution < 1.29 is 22.5 Å². The first-order chi connectivity index (χ1) is 10.9. The van der Waals surface area contributed by atoms with Crippen molar-refractivity contribution >= 4 is 11.6 Å². The largest absolute Gasteiger partial charge is 0.416 e. The normalized spacial score (nSPS) is 11.8. The van der Waals surface area contributed by atoms with Crippen LogP contribution in [0.25, 0.3) is 0 Å². The van der Waals surface area contributed by atoms with Gasteiger partial charge in [-0.25, -0.2) is 0 Å². The van der Waals surface area contributed by atoms with Gasteiger partial charge in [-0.1, -0.05) is 17.3 Å². The zero-order valence-electron chi connectivity index (χ0n) is 12.4. The van der Waals surface area contributed by atoms with Gasteiger partial charge in [0.2, 0.25) is 0 Å². The van der Waals surface area contributed by atoms with E-state index >= 15 is 0 Å². The summed E-state index contributed by atoms with van der Waals surface area (Å²) < 4.78 is 42.5. The Bertz CT molecular complexity index is 688. The molecule has 7 heteroatoms. The van der Waals surface area contributed by atoms with Gasteiger partial charge in [-0.2, -0.15) is 13.2 Å². The number of allylic oxidation sites excluding steroid dienone is 2. The van der Waals surface area contributed by atoms with E-state index in [2.05, 4.69) is 10.5 Å². The fourth-order valence-corrected chi connectivity index (χ4v) is 1.95. The second kappa shape index (κ2) is 7.13. The smallest absolute Gasteiger partial charge is 0.361 e. The highest BCUT2D eigenvalue weighted by Gasteiger charge is 2.30. The highest BCUT2D eigenvalue weighted by Crippen LogP contribution is 2.29. The fraction of sp³-hybridized carbons (Fsp3) is 0.250. The number of nitrogens with zero attached hydrogens (tertiary/aromatic N) is 1. The van der Waals surface area contributed by atoms with Gasteiger partial charge in [0, 0.05) is 12.1 Å². The number of anilines is 1. The van der Waals surface area contributed by atoms with Crippen molar-refractivity contribution in [2.45, 2.75) is 25.9 Å². The molecule has 0 saturated carbocycles. The summed E-state index contributed by atoms with van der Waals surface area (Å²) in [5, 5.41) is 6.13. The number of halogens is 3. The van der Waals surface area contributed by atoms with Crippen LogP contribution < -0.4 is 5.32 Å². The first-order valence-corrected chi connectivity index (χ1v) is 6.95. The molecule has 1 amide bonds. The summed E-state index contributed by atoms with van der Waals surface area (Å²) in [4.78, 5) is 12.2. The Labute approximate surface area is 131 Å². The Morgan fingerprint density at radius 1 is 1.30 bits per heavy atom. The van der Waals surface area contributed by atoms with E-state index in [0.717, 1.165) is 12.1 Å². The van der Waals surface area contributed by atoms with E-state index in [1.165, 1.54) is 18.3 Å². The van der Waals surface area contributed by atoms with Crippen molar-refractivity contribution in [2.24, 2.45) is 0 Å². The number of alkyl halides is 3. The molecule has 0 saturated heterocycles. The molecule has 0 aliphatic heterocycles. The SMILES string of the molecule is CC=CCCc1oncc1C(=O)Nc1ccc(C(F)(F)F)cc1. The van der Waals surface area contributed by atoms with E-state index in [4.69, 9.17) is 4.52 Å². The standard InChI is InChI=1S/C16H15F3N2O2/c1-2-3-4-5-14-13(10-20-23-14)15(22)21-12-8-6-11(7-9-12)16(17,18)19/h2-3,6-10H,4-5H2,1H3,(H,21,22). The number of carbonyl (C=O) groups excluding carboxylic acids is 1. The molecule has 2 aromatic rings. The molecule has 4 nitrogen and oxygen atoms in total. The number of hydrogen-bond donors (Lipinski definition) is 1. The summed E-state index contributed by atoms with van der Waals surface area (Å²) in [5.74, 6) is -0.0333. The molecule has 0 atom stereocenters. The molecular weight excluding hydrogens is 309 g/mol. The van der Waals surface area contributed by atoms with Gasteiger partial charge in [-0.3, -0.25) is 4.79 Å². The van der Waals surface area contributed by atoms with Gasteiger partial charge in [0.15, 0.2) is 0 Å². The van der Waals surface area contributed by atoms with Gasteiger partial charge in [0.1, 0.15) is 11.3 Å². The topological polar surface area (TPSA) is 55.1 Å². The number of amides is 1. The summed E-state index contributed by atoms with van der Waals surface area (Å²) in [5.41, 5.74) is -0.231. The van der Waals surface area contributed by atoms with Crippen molar-refractivity contribution in [3.8, 4) is 0 Å². The third kappa shape index (κ3) is 4.45. The van der Waals surface area contributed by atoms with Gasteiger partial charge in [0.05, 0.1) is 11.8 Å². The summed E-state index contributed by atoms with van der Waals surface area (Å²) in [6, 6.07) is 4.23. The minimum atomic E-state index is -4.41. The number of hydrogen-bond acceptors (Lipinski definition) is 3. The molecule has 1 aromatic heterocycles. The number of benzene rings is 1. The number of aryl methyl sites for hydroxylation is 1. The van der Waals surface area contributed by atoms with E-state index in [1.54, 1.807) is 0 Å². The van der Waals surface area contributed by atoms with Crippen LogP contribution in [0, 0.1) is 0 Å². The van der Waals surface area contributed by atoms with Gasteiger partial charge < -0.3 is 9.84 Å². The number of nitrogens with one attached hydrogen (secondary N) is 1. The van der Waals surface area contributed by atoms with Crippen LogP contribution in [0.5, 0.6) is 0 Å². The zero-order chi connectivity index (χ0) is 16.9. The van der Waals surface area contributed by atoms with Crippen molar-refractivity contribution in [2.75, 3.05) is 5.32 Å². The van der Waals surface area contributed by atoms with E-state index in [1.807, 2.05) is 19.1 Å². The molecule has 0 aliphatic carbocycles. The lowest BCUT2D eigenvalue weighted by atomic mass is 10.1. The molecule has 0 fully saturated rings. The summed E-state index contributed by atoms with van der Waals surface area (Å²) >= 11 is 0. The van der Waals surface area contributed by atoms with E-state index in [-0.39, 0.29) is 11.3 Å². The summed E-state index contributed by atoms with van der Waals surface area (Å²) in [7, 11) is 0. The molecule has 0 aliphatic rings. The first kappa shape index (κ1) is 16.8. The molecule has 23 heavy (non-hydrogen) atoms. The summed E-state index contributed by atoms with van der Waals surface area (Å²) in [6.45, 7) is 1.89. The van der Waals surface area contributed by atoms with Crippen LogP contribution in [-0.2, 0) is 12.6 Å². The van der Waals surface area contributed by atoms with E-state index in [0.29, 0.717) is 18.6 Å². The van der Waals surface area contributed by atoms with Crippen LogP contribution >= 0.6 is 0 Å². The molecular formula is C16H15F3N2O2. The van der Waals surface area contributed by atoms with E-state index < -0.39 is 17.6 Å². The van der Waals surface area contributed by atoms with Gasteiger partial charge in [-0.15, -0.1) is 0 Å². The Hall–Kier alpha value is -2.57. The van der Waals surface area contributed by atoms with Crippen molar-refractivity contribution in [1.29, 1.82) is 0 Å². The predicted octanol–water partition coefficient (Wildman–Crippen LogP) is 4.45. The quantitative estimate of drug-likeness (QED) is 0.827. The maximum absolute atomic E-state index is 12.5. The lowest BCUT2D eigenvalue weighted by Crippen LogP contribution is -2.13. The molecule has 0 radical (unpaired) electrons. The minimum absolute atomic E-state index is 0.267. The molecule has 0 unspecified atom stereocenters. The van der Waals surface area contributed by atoms with Crippen LogP contribution in [-0.4, -0.2) is 11.1 Å². The molecule has 122 valence electrons. The predicted molar refractivity (Wildman–Crippen MR) is 79.0 cm³/mol. The highest BCUT2D eigenvalue weighted by molar-refractivity contribution is 6.04. The molecule has 1 aromatic carbocycles. The van der Waals surface area contributed by atoms with Gasteiger partial charge in [0.25, 0.3) is 5.91 Å². The maximum Gasteiger partial charge on any atom is 0.416 e. The van der Waals surface area contributed by atoms with Gasteiger partial charge in [-0.05, 0) is 37.6 Å². The lowest BCUT2D eigenvalue weighted by molar-refractivity contribution is -0.137. The van der Waals surface area contributed by atoms with Crippen molar-refractivity contribution in [1.82, 2.24) is 5.16 Å². The third-order valence-electron chi connectivity index (χ3n) is 3.13. The second-order valence-corrected chi connectivity index (χ2v) is 4.80. The van der Waals surface area contributed by atoms with Crippen LogP contribution in [0.2, 0.25) is 0 Å². The lowest BCUT2D eigenvalue weighted by Gasteiger charge is -2.08. The first-order valence-electron chi connectivity index (χ1n) is 6.95. The van der Waals surface area contributed by atoms with Crippen molar-refractivity contribution in [3.63, 3.8) is 0 Å².